The highest BCUT2D eigenvalue weighted by molar-refractivity contribution is 7.98. The molecule has 2 N–H and O–H groups in total. The van der Waals surface area contributed by atoms with Crippen LogP contribution in [0.4, 0.5) is 5.82 Å². The Kier molecular flexibility index (Phi) is 3.87. The zero-order valence-electron chi connectivity index (χ0n) is 10.9. The van der Waals surface area contributed by atoms with Gasteiger partial charge < -0.3 is 5.73 Å². The van der Waals surface area contributed by atoms with Gasteiger partial charge in [0.2, 0.25) is 0 Å². The third-order valence-electron chi connectivity index (χ3n) is 2.50. The van der Waals surface area contributed by atoms with Crippen molar-refractivity contribution in [1.29, 1.82) is 0 Å². The smallest absolute Gasteiger partial charge is 0.190 e. The number of benzene rings is 1. The third-order valence-corrected chi connectivity index (χ3v) is 3.42. The van der Waals surface area contributed by atoms with E-state index in [1.165, 1.54) is 16.7 Å². The van der Waals surface area contributed by atoms with Crippen LogP contribution in [0.3, 0.4) is 0 Å². The Hall–Kier alpha value is -1.55. The SMILES string of the molecule is Cc1cc(C)cc(CSc2nc(C)cc(N)n2)c1. The van der Waals surface area contributed by atoms with Gasteiger partial charge in [-0.3, -0.25) is 0 Å². The summed E-state index contributed by atoms with van der Waals surface area (Å²) in [6.07, 6.45) is 0. The van der Waals surface area contributed by atoms with E-state index in [0.29, 0.717) is 5.82 Å². The van der Waals surface area contributed by atoms with E-state index < -0.39 is 0 Å². The molecule has 0 aliphatic rings. The second-order valence-electron chi connectivity index (χ2n) is 4.50. The fraction of sp³-hybridized carbons (Fsp3) is 0.286. The van der Waals surface area contributed by atoms with Crippen LogP contribution in [0, 0.1) is 20.8 Å². The first-order valence-corrected chi connectivity index (χ1v) is 6.82. The van der Waals surface area contributed by atoms with E-state index in [4.69, 9.17) is 5.73 Å². The summed E-state index contributed by atoms with van der Waals surface area (Å²) in [5.74, 6) is 1.40. The van der Waals surface area contributed by atoms with Gasteiger partial charge in [0, 0.05) is 17.5 Å². The molecule has 0 atom stereocenters. The van der Waals surface area contributed by atoms with Crippen molar-refractivity contribution < 1.29 is 0 Å². The van der Waals surface area contributed by atoms with Crippen LogP contribution in [0.5, 0.6) is 0 Å². The summed E-state index contributed by atoms with van der Waals surface area (Å²) in [6.45, 7) is 6.16. The Morgan fingerprint density at radius 1 is 1.00 bits per heavy atom. The maximum Gasteiger partial charge on any atom is 0.190 e. The fourth-order valence-electron chi connectivity index (χ4n) is 1.93. The zero-order valence-corrected chi connectivity index (χ0v) is 11.7. The summed E-state index contributed by atoms with van der Waals surface area (Å²) >= 11 is 1.62. The Balaban J connectivity index is 2.11. The number of aromatic nitrogens is 2. The molecule has 3 nitrogen and oxygen atoms in total. The number of nitrogens with zero attached hydrogens (tertiary/aromatic N) is 2. The molecular weight excluding hydrogens is 242 g/mol. The molecule has 94 valence electrons. The topological polar surface area (TPSA) is 51.8 Å². The Morgan fingerprint density at radius 3 is 2.28 bits per heavy atom. The van der Waals surface area contributed by atoms with Crippen LogP contribution < -0.4 is 5.73 Å². The number of aryl methyl sites for hydroxylation is 3. The first kappa shape index (κ1) is 12.9. The van der Waals surface area contributed by atoms with Crippen molar-refractivity contribution >= 4 is 17.6 Å². The maximum absolute atomic E-state index is 5.71. The van der Waals surface area contributed by atoms with Gasteiger partial charge in [0.15, 0.2) is 5.16 Å². The Bertz CT molecular complexity index is 475. The van der Waals surface area contributed by atoms with Gasteiger partial charge in [-0.1, -0.05) is 41.1 Å². The maximum atomic E-state index is 5.71. The lowest BCUT2D eigenvalue weighted by Gasteiger charge is -2.05. The molecule has 0 amide bonds. The van der Waals surface area contributed by atoms with Gasteiger partial charge in [-0.2, -0.15) is 0 Å². The zero-order chi connectivity index (χ0) is 13.1. The van der Waals surface area contributed by atoms with E-state index in [9.17, 15) is 0 Å². The van der Waals surface area contributed by atoms with Crippen LogP contribution in [-0.4, -0.2) is 9.97 Å². The summed E-state index contributed by atoms with van der Waals surface area (Å²) in [5, 5.41) is 0.742. The molecule has 1 aromatic carbocycles. The predicted molar refractivity (Wildman–Crippen MR) is 76.7 cm³/mol. The minimum Gasteiger partial charge on any atom is -0.384 e. The van der Waals surface area contributed by atoms with Crippen molar-refractivity contribution in [1.82, 2.24) is 9.97 Å². The summed E-state index contributed by atoms with van der Waals surface area (Å²) in [4.78, 5) is 8.59. The van der Waals surface area contributed by atoms with E-state index in [1.54, 1.807) is 17.8 Å². The molecule has 2 aromatic rings. The number of hydrogen-bond donors (Lipinski definition) is 1. The normalized spacial score (nSPS) is 10.6. The van der Waals surface area contributed by atoms with Gasteiger partial charge in [0.1, 0.15) is 5.82 Å². The lowest BCUT2D eigenvalue weighted by Crippen LogP contribution is -1.96. The summed E-state index contributed by atoms with van der Waals surface area (Å²) in [7, 11) is 0. The summed E-state index contributed by atoms with van der Waals surface area (Å²) < 4.78 is 0. The number of nitrogens with two attached hydrogens (primary N) is 1. The van der Waals surface area contributed by atoms with Gasteiger partial charge in [0.25, 0.3) is 0 Å². The van der Waals surface area contributed by atoms with Crippen LogP contribution in [0.2, 0.25) is 0 Å². The molecule has 0 saturated heterocycles. The first-order valence-electron chi connectivity index (χ1n) is 5.84. The number of nitrogen functional groups attached to an aromatic ring is 1. The Morgan fingerprint density at radius 2 is 1.67 bits per heavy atom. The number of thioether (sulfide) groups is 1. The van der Waals surface area contributed by atoms with Crippen molar-refractivity contribution in [3.63, 3.8) is 0 Å². The van der Waals surface area contributed by atoms with Crippen molar-refractivity contribution in [2.45, 2.75) is 31.7 Å². The molecule has 18 heavy (non-hydrogen) atoms. The van der Waals surface area contributed by atoms with Crippen LogP contribution in [-0.2, 0) is 5.75 Å². The van der Waals surface area contributed by atoms with E-state index in [0.717, 1.165) is 16.6 Å². The lowest BCUT2D eigenvalue weighted by molar-refractivity contribution is 0.940. The fourth-order valence-corrected chi connectivity index (χ4v) is 2.77. The van der Waals surface area contributed by atoms with E-state index >= 15 is 0 Å². The molecule has 1 aromatic heterocycles. The summed E-state index contributed by atoms with van der Waals surface area (Å²) in [6, 6.07) is 8.34. The molecule has 2 rings (SSSR count). The summed E-state index contributed by atoms with van der Waals surface area (Å²) in [5.41, 5.74) is 10.5. The highest BCUT2D eigenvalue weighted by Gasteiger charge is 2.03. The Labute approximate surface area is 112 Å². The molecule has 0 aliphatic carbocycles. The van der Waals surface area contributed by atoms with Crippen molar-refractivity contribution in [3.8, 4) is 0 Å². The molecule has 0 fully saturated rings. The van der Waals surface area contributed by atoms with Gasteiger partial charge in [0.05, 0.1) is 0 Å². The number of rotatable bonds is 3. The molecule has 1 heterocycles. The van der Waals surface area contributed by atoms with E-state index in [-0.39, 0.29) is 0 Å². The predicted octanol–water partition coefficient (Wildman–Crippen LogP) is 3.28. The average molecular weight is 259 g/mol. The molecule has 0 radical (unpaired) electrons. The minimum atomic E-state index is 0.533. The van der Waals surface area contributed by atoms with Crippen LogP contribution >= 0.6 is 11.8 Å². The van der Waals surface area contributed by atoms with E-state index in [2.05, 4.69) is 42.0 Å². The first-order chi connectivity index (χ1) is 8.52. The highest BCUT2D eigenvalue weighted by atomic mass is 32.2. The van der Waals surface area contributed by atoms with Crippen LogP contribution in [0.15, 0.2) is 29.4 Å². The average Bonchev–Trinajstić information content (AvgIpc) is 2.23. The number of hydrogen-bond acceptors (Lipinski definition) is 4. The van der Waals surface area contributed by atoms with Gasteiger partial charge in [-0.25, -0.2) is 9.97 Å². The molecule has 0 aliphatic heterocycles. The monoisotopic (exact) mass is 259 g/mol. The van der Waals surface area contributed by atoms with Crippen LogP contribution in [0.25, 0.3) is 0 Å². The lowest BCUT2D eigenvalue weighted by atomic mass is 10.1. The molecule has 4 heteroatoms. The quantitative estimate of drug-likeness (QED) is 0.679. The van der Waals surface area contributed by atoms with Crippen LogP contribution in [0.1, 0.15) is 22.4 Å². The van der Waals surface area contributed by atoms with Crippen molar-refractivity contribution in [3.05, 3.63) is 46.6 Å². The minimum absolute atomic E-state index is 0.533. The number of anilines is 1. The standard InChI is InChI=1S/C14H17N3S/c1-9-4-10(2)6-12(5-9)8-18-14-16-11(3)7-13(15)17-14/h4-7H,8H2,1-3H3,(H2,15,16,17). The second kappa shape index (κ2) is 5.40. The molecule has 0 spiro atoms. The van der Waals surface area contributed by atoms with Crippen molar-refractivity contribution in [2.24, 2.45) is 0 Å². The second-order valence-corrected chi connectivity index (χ2v) is 5.44. The van der Waals surface area contributed by atoms with E-state index in [1.807, 2.05) is 6.92 Å². The van der Waals surface area contributed by atoms with Gasteiger partial charge in [-0.15, -0.1) is 0 Å². The molecule has 0 bridgehead atoms. The third kappa shape index (κ3) is 3.47. The highest BCUT2D eigenvalue weighted by Crippen LogP contribution is 2.21. The molecule has 0 saturated carbocycles. The molecule has 0 unspecified atom stereocenters. The van der Waals surface area contributed by atoms with Gasteiger partial charge >= 0.3 is 0 Å². The molecular formula is C14H17N3S. The largest absolute Gasteiger partial charge is 0.384 e. The van der Waals surface area contributed by atoms with Crippen molar-refractivity contribution in [2.75, 3.05) is 5.73 Å². The van der Waals surface area contributed by atoms with Gasteiger partial charge in [-0.05, 0) is 26.3 Å².